The first-order valence-electron chi connectivity index (χ1n) is 11.6. The SMILES string of the molecule is CCNC(=NCCCc1nnc2n1CCCCC2)NC1CCc2nc(CC)nn2C1.I. The molecule has 0 aliphatic carbocycles. The minimum absolute atomic E-state index is 0. The van der Waals surface area contributed by atoms with Crippen molar-refractivity contribution in [1.82, 2.24) is 40.2 Å². The van der Waals surface area contributed by atoms with Crippen molar-refractivity contribution in [2.45, 2.75) is 90.8 Å². The van der Waals surface area contributed by atoms with Crippen LogP contribution in [-0.2, 0) is 38.8 Å². The minimum Gasteiger partial charge on any atom is -0.357 e. The molecule has 0 fully saturated rings. The highest BCUT2D eigenvalue weighted by atomic mass is 127. The van der Waals surface area contributed by atoms with Gasteiger partial charge in [-0.2, -0.15) is 5.10 Å². The summed E-state index contributed by atoms with van der Waals surface area (Å²) in [5.41, 5.74) is 0. The van der Waals surface area contributed by atoms with Gasteiger partial charge in [0.15, 0.2) is 11.8 Å². The number of fused-ring (bicyclic) bond motifs is 2. The van der Waals surface area contributed by atoms with Crippen molar-refractivity contribution in [2.75, 3.05) is 13.1 Å². The molecule has 10 heteroatoms. The van der Waals surface area contributed by atoms with E-state index in [0.29, 0.717) is 6.04 Å². The maximum Gasteiger partial charge on any atom is 0.191 e. The van der Waals surface area contributed by atoms with Crippen molar-refractivity contribution in [2.24, 2.45) is 4.99 Å². The largest absolute Gasteiger partial charge is 0.357 e. The van der Waals surface area contributed by atoms with E-state index in [0.717, 1.165) is 94.0 Å². The predicted octanol–water partition coefficient (Wildman–Crippen LogP) is 2.28. The highest BCUT2D eigenvalue weighted by molar-refractivity contribution is 14.0. The highest BCUT2D eigenvalue weighted by Gasteiger charge is 2.22. The Morgan fingerprint density at radius 2 is 2.03 bits per heavy atom. The first kappa shape index (κ1) is 23.9. The van der Waals surface area contributed by atoms with Gasteiger partial charge in [-0.1, -0.05) is 13.3 Å². The van der Waals surface area contributed by atoms with Crippen LogP contribution in [-0.4, -0.2) is 54.6 Å². The number of halogens is 1. The monoisotopic (exact) mass is 541 g/mol. The molecular weight excluding hydrogens is 505 g/mol. The molecule has 9 nitrogen and oxygen atoms in total. The van der Waals surface area contributed by atoms with Crippen molar-refractivity contribution < 1.29 is 0 Å². The average Bonchev–Trinajstić information content (AvgIpc) is 3.26. The number of nitrogens with zero attached hydrogens (tertiary/aromatic N) is 7. The van der Waals surface area contributed by atoms with Crippen LogP contribution in [0.1, 0.15) is 69.2 Å². The number of guanidine groups is 1. The zero-order valence-electron chi connectivity index (χ0n) is 18.8. The van der Waals surface area contributed by atoms with Gasteiger partial charge in [-0.25, -0.2) is 9.67 Å². The maximum atomic E-state index is 4.81. The van der Waals surface area contributed by atoms with Crippen molar-refractivity contribution in [3.63, 3.8) is 0 Å². The van der Waals surface area contributed by atoms with Crippen LogP contribution in [0.4, 0.5) is 0 Å². The quantitative estimate of drug-likeness (QED) is 0.242. The van der Waals surface area contributed by atoms with Crippen LogP contribution < -0.4 is 10.6 Å². The second-order valence-corrected chi connectivity index (χ2v) is 8.22. The van der Waals surface area contributed by atoms with E-state index < -0.39 is 0 Å². The van der Waals surface area contributed by atoms with E-state index in [2.05, 4.69) is 54.0 Å². The molecule has 2 aliphatic heterocycles. The van der Waals surface area contributed by atoms with Crippen LogP contribution in [0.5, 0.6) is 0 Å². The van der Waals surface area contributed by atoms with E-state index in [-0.39, 0.29) is 24.0 Å². The molecule has 0 radical (unpaired) electrons. The summed E-state index contributed by atoms with van der Waals surface area (Å²) in [6, 6.07) is 0.328. The van der Waals surface area contributed by atoms with Crippen LogP contribution in [0, 0.1) is 0 Å². The molecule has 0 aromatic carbocycles. The molecule has 4 heterocycles. The summed E-state index contributed by atoms with van der Waals surface area (Å²) >= 11 is 0. The lowest BCUT2D eigenvalue weighted by atomic mass is 10.1. The molecule has 0 spiro atoms. The fourth-order valence-corrected chi connectivity index (χ4v) is 4.30. The van der Waals surface area contributed by atoms with Crippen molar-refractivity contribution >= 4 is 29.9 Å². The standard InChI is InChI=1S/C21H35N9.HI/c1-3-17-25-18-12-11-16(15-30(18)28-17)24-21(22-4-2)23-13-8-10-20-27-26-19-9-6-5-7-14-29(19)20;/h16H,3-15H2,1-2H3,(H2,22,23,24);1H. The average molecular weight is 541 g/mol. The molecule has 2 N–H and O–H groups in total. The number of hydrogen-bond donors (Lipinski definition) is 2. The van der Waals surface area contributed by atoms with Gasteiger partial charge in [-0.3, -0.25) is 4.99 Å². The lowest BCUT2D eigenvalue weighted by Gasteiger charge is -2.25. The van der Waals surface area contributed by atoms with Gasteiger partial charge in [0, 0.05) is 51.4 Å². The van der Waals surface area contributed by atoms with Crippen LogP contribution in [0.25, 0.3) is 0 Å². The van der Waals surface area contributed by atoms with Gasteiger partial charge in [-0.05, 0) is 32.6 Å². The third-order valence-corrected chi connectivity index (χ3v) is 5.92. The smallest absolute Gasteiger partial charge is 0.191 e. The summed E-state index contributed by atoms with van der Waals surface area (Å²) in [5.74, 6) is 5.23. The Morgan fingerprint density at radius 3 is 2.87 bits per heavy atom. The molecule has 1 atom stereocenters. The molecule has 4 rings (SSSR count). The third-order valence-electron chi connectivity index (χ3n) is 5.92. The first-order chi connectivity index (χ1) is 14.8. The van der Waals surface area contributed by atoms with Crippen LogP contribution >= 0.6 is 24.0 Å². The molecule has 0 bridgehead atoms. The van der Waals surface area contributed by atoms with Gasteiger partial charge in [0.2, 0.25) is 0 Å². The van der Waals surface area contributed by atoms with Gasteiger partial charge in [-0.15, -0.1) is 34.2 Å². The third kappa shape index (κ3) is 6.17. The number of hydrogen-bond acceptors (Lipinski definition) is 5. The van der Waals surface area contributed by atoms with Crippen molar-refractivity contribution in [3.05, 3.63) is 23.3 Å². The summed E-state index contributed by atoms with van der Waals surface area (Å²) in [6.07, 6.45) is 9.64. The first-order valence-corrected chi connectivity index (χ1v) is 11.6. The molecule has 0 saturated heterocycles. The lowest BCUT2D eigenvalue weighted by Crippen LogP contribution is -2.47. The summed E-state index contributed by atoms with van der Waals surface area (Å²) in [7, 11) is 0. The van der Waals surface area contributed by atoms with E-state index in [1.807, 2.05) is 0 Å². The Morgan fingerprint density at radius 1 is 1.13 bits per heavy atom. The Bertz CT molecular complexity index is 857. The summed E-state index contributed by atoms with van der Waals surface area (Å²) < 4.78 is 4.39. The Balaban J connectivity index is 0.00000272. The number of nitrogens with one attached hydrogen (secondary N) is 2. The highest BCUT2D eigenvalue weighted by Crippen LogP contribution is 2.15. The van der Waals surface area contributed by atoms with Gasteiger partial charge in [0.25, 0.3) is 0 Å². The summed E-state index contributed by atoms with van der Waals surface area (Å²) in [5, 5.41) is 20.4. The zero-order valence-corrected chi connectivity index (χ0v) is 21.1. The second-order valence-electron chi connectivity index (χ2n) is 8.22. The Kier molecular flexibility index (Phi) is 9.09. The Labute approximate surface area is 201 Å². The van der Waals surface area contributed by atoms with Gasteiger partial charge in [0.1, 0.15) is 17.5 Å². The molecule has 0 saturated carbocycles. The van der Waals surface area contributed by atoms with Gasteiger partial charge < -0.3 is 15.2 Å². The van der Waals surface area contributed by atoms with E-state index in [1.54, 1.807) is 0 Å². The zero-order chi connectivity index (χ0) is 20.8. The van der Waals surface area contributed by atoms with Crippen molar-refractivity contribution in [1.29, 1.82) is 0 Å². The topological polar surface area (TPSA) is 97.8 Å². The fourth-order valence-electron chi connectivity index (χ4n) is 4.30. The number of aromatic nitrogens is 6. The van der Waals surface area contributed by atoms with E-state index in [1.165, 1.54) is 19.3 Å². The normalized spacial score (nSPS) is 18.5. The van der Waals surface area contributed by atoms with Crippen LogP contribution in [0.15, 0.2) is 4.99 Å². The van der Waals surface area contributed by atoms with E-state index in [9.17, 15) is 0 Å². The minimum atomic E-state index is 0. The summed E-state index contributed by atoms with van der Waals surface area (Å²) in [6.45, 7) is 7.75. The van der Waals surface area contributed by atoms with Crippen molar-refractivity contribution in [3.8, 4) is 0 Å². The molecular formula is C21H36IN9. The fraction of sp³-hybridized carbons (Fsp3) is 0.762. The van der Waals surface area contributed by atoms with Crippen LogP contribution in [0.2, 0.25) is 0 Å². The number of aryl methyl sites for hydroxylation is 4. The predicted molar refractivity (Wildman–Crippen MR) is 132 cm³/mol. The number of aliphatic imine (C=N–C) groups is 1. The Hall–Kier alpha value is -1.72. The van der Waals surface area contributed by atoms with Crippen LogP contribution in [0.3, 0.4) is 0 Å². The lowest BCUT2D eigenvalue weighted by molar-refractivity contribution is 0.392. The number of rotatable bonds is 7. The molecule has 2 aromatic heterocycles. The van der Waals surface area contributed by atoms with E-state index in [4.69, 9.17) is 4.99 Å². The molecule has 0 amide bonds. The van der Waals surface area contributed by atoms with Gasteiger partial charge in [0.05, 0.1) is 6.54 Å². The molecule has 1 unspecified atom stereocenters. The molecule has 31 heavy (non-hydrogen) atoms. The maximum absolute atomic E-state index is 4.81. The van der Waals surface area contributed by atoms with Gasteiger partial charge >= 0.3 is 0 Å². The molecule has 2 aromatic rings. The molecule has 2 aliphatic rings. The summed E-state index contributed by atoms with van der Waals surface area (Å²) in [4.78, 5) is 9.41. The van der Waals surface area contributed by atoms with E-state index >= 15 is 0 Å². The molecule has 172 valence electrons. The second kappa shape index (κ2) is 11.8.